The molecule has 6 nitrogen and oxygen atoms in total. The van der Waals surface area contributed by atoms with Crippen LogP contribution in [0.15, 0.2) is 42.5 Å². The van der Waals surface area contributed by atoms with Crippen molar-refractivity contribution in [1.82, 2.24) is 0 Å². The molecule has 1 aliphatic carbocycles. The largest absolute Gasteiger partial charge is 0.497 e. The van der Waals surface area contributed by atoms with Crippen LogP contribution in [0.4, 0.5) is 5.69 Å². The van der Waals surface area contributed by atoms with E-state index in [4.69, 9.17) is 18.9 Å². The van der Waals surface area contributed by atoms with Gasteiger partial charge in [-0.15, -0.1) is 0 Å². The Kier molecular flexibility index (Phi) is 4.25. The molecule has 0 aromatic heterocycles. The predicted molar refractivity (Wildman–Crippen MR) is 103 cm³/mol. The van der Waals surface area contributed by atoms with Crippen LogP contribution in [0.3, 0.4) is 0 Å². The highest BCUT2D eigenvalue weighted by Crippen LogP contribution is 2.48. The van der Waals surface area contributed by atoms with Crippen LogP contribution in [0.25, 0.3) is 0 Å². The van der Waals surface area contributed by atoms with Crippen molar-refractivity contribution in [2.45, 2.75) is 25.0 Å². The van der Waals surface area contributed by atoms with Crippen molar-refractivity contribution in [3.63, 3.8) is 0 Å². The van der Waals surface area contributed by atoms with Gasteiger partial charge in [0, 0.05) is 12.1 Å². The number of fused-ring (bicyclic) bond motifs is 2. The number of amides is 1. The van der Waals surface area contributed by atoms with Crippen molar-refractivity contribution in [1.29, 1.82) is 0 Å². The molecule has 2 aliphatic heterocycles. The van der Waals surface area contributed by atoms with Crippen LogP contribution in [0.1, 0.15) is 24.8 Å². The van der Waals surface area contributed by atoms with E-state index in [9.17, 15) is 4.79 Å². The first kappa shape index (κ1) is 17.5. The molecule has 5 rings (SSSR count). The van der Waals surface area contributed by atoms with E-state index in [2.05, 4.69) is 0 Å². The molecule has 0 atom stereocenters. The Bertz CT molecular complexity index is 884. The normalized spacial score (nSPS) is 20.3. The number of carbonyl (C=O) groups is 1. The molecule has 2 aromatic rings. The average Bonchev–Trinajstić information content (AvgIpc) is 3.54. The molecule has 3 aliphatic rings. The third kappa shape index (κ3) is 2.93. The Labute approximate surface area is 163 Å². The van der Waals surface area contributed by atoms with Gasteiger partial charge in [0.25, 0.3) is 11.7 Å². The van der Waals surface area contributed by atoms with Gasteiger partial charge in [-0.05, 0) is 67.6 Å². The van der Waals surface area contributed by atoms with Crippen LogP contribution in [0, 0.1) is 5.92 Å². The van der Waals surface area contributed by atoms with Gasteiger partial charge in [0.1, 0.15) is 17.2 Å². The molecule has 6 heteroatoms. The highest BCUT2D eigenvalue weighted by molar-refractivity contribution is 6.06. The SMILES string of the molecule is COc1ccc(Oc2ccc3c(c2)C2(OCCCO2)C(=O)N3CC2CC2)cc1. The average molecular weight is 381 g/mol. The van der Waals surface area contributed by atoms with Crippen LogP contribution >= 0.6 is 0 Å². The first-order chi connectivity index (χ1) is 13.7. The third-order valence-electron chi connectivity index (χ3n) is 5.47. The van der Waals surface area contributed by atoms with Gasteiger partial charge in [-0.25, -0.2) is 0 Å². The zero-order valence-corrected chi connectivity index (χ0v) is 15.8. The molecule has 2 heterocycles. The number of benzene rings is 2. The number of hydrogen-bond donors (Lipinski definition) is 0. The summed E-state index contributed by atoms with van der Waals surface area (Å²) in [5.74, 6) is 1.23. The van der Waals surface area contributed by atoms with Gasteiger partial charge < -0.3 is 23.8 Å². The van der Waals surface area contributed by atoms with Crippen molar-refractivity contribution in [2.24, 2.45) is 5.92 Å². The lowest BCUT2D eigenvalue weighted by Gasteiger charge is -2.32. The van der Waals surface area contributed by atoms with Gasteiger partial charge in [0.2, 0.25) is 0 Å². The summed E-state index contributed by atoms with van der Waals surface area (Å²) >= 11 is 0. The van der Waals surface area contributed by atoms with E-state index in [1.165, 1.54) is 12.8 Å². The van der Waals surface area contributed by atoms with E-state index in [0.29, 0.717) is 30.6 Å². The number of anilines is 1. The summed E-state index contributed by atoms with van der Waals surface area (Å²) in [5, 5.41) is 0. The first-order valence-corrected chi connectivity index (χ1v) is 9.76. The second-order valence-electron chi connectivity index (χ2n) is 7.48. The maximum atomic E-state index is 13.3. The zero-order valence-electron chi connectivity index (χ0n) is 15.8. The minimum atomic E-state index is -1.33. The Morgan fingerprint density at radius 3 is 2.39 bits per heavy atom. The molecule has 146 valence electrons. The summed E-state index contributed by atoms with van der Waals surface area (Å²) < 4.78 is 23.1. The summed E-state index contributed by atoms with van der Waals surface area (Å²) in [5.41, 5.74) is 1.60. The summed E-state index contributed by atoms with van der Waals surface area (Å²) in [6.07, 6.45) is 3.13. The second-order valence-corrected chi connectivity index (χ2v) is 7.48. The number of carbonyl (C=O) groups excluding carboxylic acids is 1. The minimum Gasteiger partial charge on any atom is -0.497 e. The smallest absolute Gasteiger partial charge is 0.292 e. The monoisotopic (exact) mass is 381 g/mol. The highest BCUT2D eigenvalue weighted by Gasteiger charge is 2.55. The third-order valence-corrected chi connectivity index (χ3v) is 5.47. The standard InChI is InChI=1S/C22H23NO5/c1-25-16-5-7-17(8-6-16)28-18-9-10-20-19(13-18)22(26-11-2-12-27-22)21(24)23(20)14-15-3-4-15/h5-10,13,15H,2-4,11-12,14H2,1H3. The van der Waals surface area contributed by atoms with E-state index in [-0.39, 0.29) is 5.91 Å². The molecule has 0 N–H and O–H groups in total. The predicted octanol–water partition coefficient (Wildman–Crippen LogP) is 3.83. The quantitative estimate of drug-likeness (QED) is 0.788. The Balaban J connectivity index is 1.49. The van der Waals surface area contributed by atoms with Crippen LogP contribution in [-0.4, -0.2) is 32.8 Å². The summed E-state index contributed by atoms with van der Waals surface area (Å²) in [6, 6.07) is 13.1. The van der Waals surface area contributed by atoms with Gasteiger partial charge in [-0.3, -0.25) is 4.79 Å². The molecule has 1 saturated heterocycles. The lowest BCUT2D eigenvalue weighted by molar-refractivity contribution is -0.256. The van der Waals surface area contributed by atoms with Gasteiger partial charge in [0.15, 0.2) is 0 Å². The molecule has 1 spiro atoms. The van der Waals surface area contributed by atoms with Crippen LogP contribution in [-0.2, 0) is 20.1 Å². The Hall–Kier alpha value is -2.57. The molecule has 0 bridgehead atoms. The lowest BCUT2D eigenvalue weighted by Crippen LogP contribution is -2.47. The second kappa shape index (κ2) is 6.79. The van der Waals surface area contributed by atoms with E-state index in [1.54, 1.807) is 7.11 Å². The maximum absolute atomic E-state index is 13.3. The number of rotatable bonds is 5. The van der Waals surface area contributed by atoms with Crippen LogP contribution in [0.2, 0.25) is 0 Å². The van der Waals surface area contributed by atoms with Crippen LogP contribution < -0.4 is 14.4 Å². The molecule has 2 fully saturated rings. The molecule has 1 amide bonds. The van der Waals surface area contributed by atoms with E-state index >= 15 is 0 Å². The van der Waals surface area contributed by atoms with Crippen molar-refractivity contribution >= 4 is 11.6 Å². The molecular formula is C22H23NO5. The Morgan fingerprint density at radius 2 is 1.71 bits per heavy atom. The lowest BCUT2D eigenvalue weighted by atomic mass is 10.1. The minimum absolute atomic E-state index is 0.115. The zero-order chi connectivity index (χ0) is 19.1. The van der Waals surface area contributed by atoms with E-state index in [0.717, 1.165) is 30.0 Å². The fourth-order valence-corrected chi connectivity index (χ4v) is 3.81. The molecule has 0 radical (unpaired) electrons. The van der Waals surface area contributed by atoms with E-state index in [1.807, 2.05) is 47.4 Å². The first-order valence-electron chi connectivity index (χ1n) is 9.76. The number of methoxy groups -OCH3 is 1. The number of ether oxygens (including phenoxy) is 4. The van der Waals surface area contributed by atoms with Crippen molar-refractivity contribution in [2.75, 3.05) is 31.8 Å². The topological polar surface area (TPSA) is 57.2 Å². The molecule has 28 heavy (non-hydrogen) atoms. The fourth-order valence-electron chi connectivity index (χ4n) is 3.81. The number of nitrogens with zero attached hydrogens (tertiary/aromatic N) is 1. The Morgan fingerprint density at radius 1 is 1.04 bits per heavy atom. The van der Waals surface area contributed by atoms with Gasteiger partial charge >= 0.3 is 0 Å². The van der Waals surface area contributed by atoms with Crippen molar-refractivity contribution < 1.29 is 23.7 Å². The molecule has 2 aromatic carbocycles. The number of hydrogen-bond acceptors (Lipinski definition) is 5. The molecule has 0 unspecified atom stereocenters. The van der Waals surface area contributed by atoms with Crippen molar-refractivity contribution in [3.05, 3.63) is 48.0 Å². The summed E-state index contributed by atoms with van der Waals surface area (Å²) in [4.78, 5) is 15.1. The maximum Gasteiger partial charge on any atom is 0.292 e. The summed E-state index contributed by atoms with van der Waals surface area (Å²) in [7, 11) is 1.63. The van der Waals surface area contributed by atoms with Crippen LogP contribution in [0.5, 0.6) is 17.2 Å². The van der Waals surface area contributed by atoms with Gasteiger partial charge in [0.05, 0.1) is 26.0 Å². The van der Waals surface area contributed by atoms with E-state index < -0.39 is 5.79 Å². The fraction of sp³-hybridized carbons (Fsp3) is 0.409. The van der Waals surface area contributed by atoms with Gasteiger partial charge in [-0.1, -0.05) is 0 Å². The van der Waals surface area contributed by atoms with Gasteiger partial charge in [-0.2, -0.15) is 0 Å². The summed E-state index contributed by atoms with van der Waals surface area (Å²) in [6.45, 7) is 1.73. The molecular weight excluding hydrogens is 358 g/mol. The molecule has 1 saturated carbocycles. The van der Waals surface area contributed by atoms with Crippen molar-refractivity contribution in [3.8, 4) is 17.2 Å². The highest BCUT2D eigenvalue weighted by atomic mass is 16.7.